The molecule has 0 aromatic heterocycles. The molecule has 4 nitrogen and oxygen atoms in total. The van der Waals surface area contributed by atoms with E-state index < -0.39 is 0 Å². The molecule has 2 rings (SSSR count). The number of nitrogens with zero attached hydrogens (tertiary/aromatic N) is 2. The zero-order chi connectivity index (χ0) is 13.2. The average Bonchev–Trinajstić information content (AvgIpc) is 2.39. The first-order chi connectivity index (χ1) is 8.58. The van der Waals surface area contributed by atoms with Crippen molar-refractivity contribution in [3.63, 3.8) is 0 Å². The predicted molar refractivity (Wildman–Crippen MR) is 74.5 cm³/mol. The van der Waals surface area contributed by atoms with Gasteiger partial charge in [0.15, 0.2) is 0 Å². The molecule has 1 aliphatic heterocycles. The fourth-order valence-electron chi connectivity index (χ4n) is 3.56. The third-order valence-electron chi connectivity index (χ3n) is 4.97. The topological polar surface area (TPSA) is 52.7 Å². The van der Waals surface area contributed by atoms with Gasteiger partial charge in [0.1, 0.15) is 0 Å². The van der Waals surface area contributed by atoms with Gasteiger partial charge in [0.05, 0.1) is 6.61 Å². The Labute approximate surface area is 111 Å². The van der Waals surface area contributed by atoms with Crippen LogP contribution in [0.25, 0.3) is 0 Å². The van der Waals surface area contributed by atoms with Crippen molar-refractivity contribution < 1.29 is 5.11 Å². The molecular formula is C14H29N3O. The molecule has 0 aromatic rings. The van der Waals surface area contributed by atoms with Crippen LogP contribution in [0.5, 0.6) is 0 Å². The molecule has 3 N–H and O–H groups in total. The number of hydrogen-bond acceptors (Lipinski definition) is 4. The Bertz CT molecular complexity index is 274. The highest BCUT2D eigenvalue weighted by Gasteiger charge is 2.36. The van der Waals surface area contributed by atoms with Crippen LogP contribution in [0.3, 0.4) is 0 Å². The van der Waals surface area contributed by atoms with Gasteiger partial charge in [-0.15, -0.1) is 0 Å². The van der Waals surface area contributed by atoms with Gasteiger partial charge >= 0.3 is 0 Å². The molecule has 0 aromatic carbocycles. The van der Waals surface area contributed by atoms with Crippen LogP contribution in [0.1, 0.15) is 39.0 Å². The molecule has 3 atom stereocenters. The molecule has 18 heavy (non-hydrogen) atoms. The Hall–Kier alpha value is -0.160. The number of hydrogen-bond donors (Lipinski definition) is 2. The first-order valence-corrected chi connectivity index (χ1v) is 7.42. The summed E-state index contributed by atoms with van der Waals surface area (Å²) in [5.41, 5.74) is 5.94. The van der Waals surface area contributed by atoms with E-state index in [0.717, 1.165) is 32.4 Å². The molecule has 0 spiro atoms. The van der Waals surface area contributed by atoms with Crippen LogP contribution in [0.15, 0.2) is 0 Å². The second kappa shape index (κ2) is 5.87. The van der Waals surface area contributed by atoms with Crippen LogP contribution < -0.4 is 5.73 Å². The fraction of sp³-hybridized carbons (Fsp3) is 1.00. The van der Waals surface area contributed by atoms with Crippen molar-refractivity contribution in [2.24, 2.45) is 5.73 Å². The molecule has 106 valence electrons. The fourth-order valence-corrected chi connectivity index (χ4v) is 3.56. The lowest BCUT2D eigenvalue weighted by Gasteiger charge is -2.47. The van der Waals surface area contributed by atoms with E-state index in [-0.39, 0.29) is 12.1 Å². The summed E-state index contributed by atoms with van der Waals surface area (Å²) in [4.78, 5) is 5.09. The highest BCUT2D eigenvalue weighted by atomic mass is 16.3. The van der Waals surface area contributed by atoms with E-state index >= 15 is 0 Å². The van der Waals surface area contributed by atoms with E-state index in [9.17, 15) is 5.11 Å². The Morgan fingerprint density at radius 3 is 2.83 bits per heavy atom. The van der Waals surface area contributed by atoms with Gasteiger partial charge in [-0.05, 0) is 39.2 Å². The molecule has 0 radical (unpaired) electrons. The predicted octanol–water partition coefficient (Wildman–Crippen LogP) is 0.645. The van der Waals surface area contributed by atoms with Gasteiger partial charge in [-0.25, -0.2) is 0 Å². The molecule has 2 fully saturated rings. The lowest BCUT2D eigenvalue weighted by molar-refractivity contribution is 0.0256. The summed E-state index contributed by atoms with van der Waals surface area (Å²) in [5.74, 6) is 0. The molecule has 1 saturated heterocycles. The van der Waals surface area contributed by atoms with Gasteiger partial charge in [-0.3, -0.25) is 4.90 Å². The number of piperazine rings is 1. The van der Waals surface area contributed by atoms with E-state index in [2.05, 4.69) is 23.8 Å². The average molecular weight is 255 g/mol. The van der Waals surface area contributed by atoms with Crippen LogP contribution in [0.4, 0.5) is 0 Å². The monoisotopic (exact) mass is 255 g/mol. The van der Waals surface area contributed by atoms with Crippen LogP contribution >= 0.6 is 0 Å². The van der Waals surface area contributed by atoms with Crippen molar-refractivity contribution >= 4 is 0 Å². The van der Waals surface area contributed by atoms with Crippen molar-refractivity contribution in [1.29, 1.82) is 0 Å². The minimum absolute atomic E-state index is 0.133. The smallest absolute Gasteiger partial charge is 0.0611 e. The lowest BCUT2D eigenvalue weighted by atomic mass is 9.79. The summed E-state index contributed by atoms with van der Waals surface area (Å²) in [6.07, 6.45) is 5.56. The highest BCUT2D eigenvalue weighted by Crippen LogP contribution is 2.30. The minimum atomic E-state index is -0.325. The van der Waals surface area contributed by atoms with Crippen LogP contribution in [0.2, 0.25) is 0 Å². The minimum Gasteiger partial charge on any atom is -0.394 e. The zero-order valence-electron chi connectivity index (χ0n) is 11.9. The quantitative estimate of drug-likeness (QED) is 0.777. The Morgan fingerprint density at radius 2 is 2.17 bits per heavy atom. The highest BCUT2D eigenvalue weighted by molar-refractivity contribution is 4.95. The third-order valence-corrected chi connectivity index (χ3v) is 4.97. The van der Waals surface area contributed by atoms with Crippen molar-refractivity contribution in [2.45, 2.75) is 56.7 Å². The molecule has 1 heterocycles. The Morgan fingerprint density at radius 1 is 1.39 bits per heavy atom. The van der Waals surface area contributed by atoms with Crippen molar-refractivity contribution in [3.8, 4) is 0 Å². The largest absolute Gasteiger partial charge is 0.394 e. The molecule has 2 aliphatic rings. The maximum atomic E-state index is 9.45. The maximum absolute atomic E-state index is 9.45. The van der Waals surface area contributed by atoms with Gasteiger partial charge in [0.25, 0.3) is 0 Å². The SMILES string of the molecule is CCC1CN(C2CCCC(N)(CO)C2)CCN1C. The third kappa shape index (κ3) is 3.05. The normalized spacial score (nSPS) is 40.0. The van der Waals surface area contributed by atoms with Gasteiger partial charge in [0.2, 0.25) is 0 Å². The van der Waals surface area contributed by atoms with Gasteiger partial charge in [-0.1, -0.05) is 6.92 Å². The number of rotatable bonds is 3. The molecule has 1 aliphatic carbocycles. The first-order valence-electron chi connectivity index (χ1n) is 7.42. The second-order valence-electron chi connectivity index (χ2n) is 6.31. The molecule has 3 unspecified atom stereocenters. The van der Waals surface area contributed by atoms with Crippen molar-refractivity contribution in [1.82, 2.24) is 9.80 Å². The standard InChI is InChI=1S/C14H29N3O/c1-3-12-10-17(8-7-16(12)2)13-5-4-6-14(15,9-13)11-18/h12-13,18H,3-11,15H2,1-2H3. The summed E-state index contributed by atoms with van der Waals surface area (Å²) in [6.45, 7) is 5.88. The molecule has 1 saturated carbocycles. The van der Waals surface area contributed by atoms with Gasteiger partial charge in [-0.2, -0.15) is 0 Å². The summed E-state index contributed by atoms with van der Waals surface area (Å²) >= 11 is 0. The maximum Gasteiger partial charge on any atom is 0.0611 e. The zero-order valence-corrected chi connectivity index (χ0v) is 11.9. The van der Waals surface area contributed by atoms with Crippen LogP contribution in [-0.2, 0) is 0 Å². The van der Waals surface area contributed by atoms with Crippen molar-refractivity contribution in [3.05, 3.63) is 0 Å². The van der Waals surface area contributed by atoms with Crippen LogP contribution in [0, 0.1) is 0 Å². The van der Waals surface area contributed by atoms with E-state index in [1.54, 1.807) is 0 Å². The summed E-state index contributed by atoms with van der Waals surface area (Å²) in [7, 11) is 2.23. The van der Waals surface area contributed by atoms with E-state index in [1.807, 2.05) is 0 Å². The second-order valence-corrected chi connectivity index (χ2v) is 6.31. The van der Waals surface area contributed by atoms with E-state index in [1.165, 1.54) is 19.4 Å². The Kier molecular flexibility index (Phi) is 4.64. The van der Waals surface area contributed by atoms with Crippen molar-refractivity contribution in [2.75, 3.05) is 33.3 Å². The van der Waals surface area contributed by atoms with Gasteiger partial charge in [0, 0.05) is 37.3 Å². The first kappa shape index (κ1) is 14.3. The number of aliphatic hydroxyl groups excluding tert-OH is 1. The van der Waals surface area contributed by atoms with E-state index in [4.69, 9.17) is 5.73 Å². The van der Waals surface area contributed by atoms with E-state index in [0.29, 0.717) is 12.1 Å². The summed E-state index contributed by atoms with van der Waals surface area (Å²) < 4.78 is 0. The number of aliphatic hydroxyl groups is 1. The molecular weight excluding hydrogens is 226 g/mol. The van der Waals surface area contributed by atoms with Crippen LogP contribution in [-0.4, -0.2) is 65.8 Å². The molecule has 4 heteroatoms. The Balaban J connectivity index is 1.95. The number of nitrogens with two attached hydrogens (primary N) is 1. The van der Waals surface area contributed by atoms with Gasteiger partial charge < -0.3 is 15.7 Å². The molecule has 0 amide bonds. The lowest BCUT2D eigenvalue weighted by Crippen LogP contribution is -2.58. The number of likely N-dealkylation sites (N-methyl/N-ethyl adjacent to an activating group) is 1. The summed E-state index contributed by atoms with van der Waals surface area (Å²) in [5, 5.41) is 9.45. The summed E-state index contributed by atoms with van der Waals surface area (Å²) in [6, 6.07) is 1.26. The molecule has 0 bridgehead atoms.